The van der Waals surface area contributed by atoms with E-state index in [0.717, 1.165) is 12.3 Å². The van der Waals surface area contributed by atoms with Gasteiger partial charge in [-0.2, -0.15) is 0 Å². The first-order chi connectivity index (χ1) is 7.30. The van der Waals surface area contributed by atoms with E-state index < -0.39 is 0 Å². The summed E-state index contributed by atoms with van der Waals surface area (Å²) >= 11 is 0. The third kappa shape index (κ3) is 3.93. The minimum atomic E-state index is -0.172. The third-order valence-electron chi connectivity index (χ3n) is 4.08. The fourth-order valence-electron chi connectivity index (χ4n) is 2.40. The summed E-state index contributed by atoms with van der Waals surface area (Å²) < 4.78 is 0. The van der Waals surface area contributed by atoms with Gasteiger partial charge >= 0.3 is 0 Å². The van der Waals surface area contributed by atoms with E-state index >= 15 is 0 Å². The van der Waals surface area contributed by atoms with Crippen molar-refractivity contribution in [2.45, 2.75) is 66.4 Å². The highest BCUT2D eigenvalue weighted by atomic mass is 16.3. The van der Waals surface area contributed by atoms with Gasteiger partial charge in [0.2, 0.25) is 0 Å². The second kappa shape index (κ2) is 5.35. The molecule has 1 rings (SSSR count). The molecule has 1 heteroatoms. The second-order valence-electron chi connectivity index (χ2n) is 6.68. The zero-order valence-corrected chi connectivity index (χ0v) is 11.6. The van der Waals surface area contributed by atoms with Crippen molar-refractivity contribution in [3.05, 3.63) is 11.6 Å². The van der Waals surface area contributed by atoms with Crippen molar-refractivity contribution in [1.82, 2.24) is 0 Å². The van der Waals surface area contributed by atoms with Crippen molar-refractivity contribution in [1.29, 1.82) is 0 Å². The highest BCUT2D eigenvalue weighted by Crippen LogP contribution is 2.34. The highest BCUT2D eigenvalue weighted by molar-refractivity contribution is 5.03. The summed E-state index contributed by atoms with van der Waals surface area (Å²) in [5.41, 5.74) is 1.56. The van der Waals surface area contributed by atoms with Gasteiger partial charge in [0.15, 0.2) is 0 Å². The first kappa shape index (κ1) is 13.8. The molecule has 0 aromatic carbocycles. The molecule has 0 aromatic heterocycles. The Morgan fingerprint density at radius 3 is 2.50 bits per heavy atom. The van der Waals surface area contributed by atoms with Crippen LogP contribution in [-0.4, -0.2) is 11.2 Å². The Morgan fingerprint density at radius 1 is 1.44 bits per heavy atom. The van der Waals surface area contributed by atoms with E-state index in [-0.39, 0.29) is 11.5 Å². The number of aliphatic hydroxyl groups is 1. The fourth-order valence-corrected chi connectivity index (χ4v) is 2.40. The first-order valence-corrected chi connectivity index (χ1v) is 6.64. The molecule has 3 unspecified atom stereocenters. The van der Waals surface area contributed by atoms with Gasteiger partial charge in [-0.3, -0.25) is 0 Å². The number of hydrogen-bond acceptors (Lipinski definition) is 1. The molecule has 0 heterocycles. The van der Waals surface area contributed by atoms with Crippen LogP contribution in [0, 0.1) is 17.3 Å². The summed E-state index contributed by atoms with van der Waals surface area (Å²) in [5.74, 6) is 1.42. The van der Waals surface area contributed by atoms with E-state index in [1.54, 1.807) is 5.57 Å². The second-order valence-corrected chi connectivity index (χ2v) is 6.68. The van der Waals surface area contributed by atoms with Crippen LogP contribution < -0.4 is 0 Å². The standard InChI is InChI=1S/C15H28O/c1-11-6-8-13(9-7-11)12(2)10-14(16)15(3,4)5/h6,12-14,16H,7-10H2,1-5H3. The molecule has 94 valence electrons. The Hall–Kier alpha value is -0.300. The molecule has 1 N–H and O–H groups in total. The van der Waals surface area contributed by atoms with Gasteiger partial charge in [0.1, 0.15) is 0 Å². The Labute approximate surface area is 101 Å². The Bertz CT molecular complexity index is 247. The number of hydrogen-bond donors (Lipinski definition) is 1. The van der Waals surface area contributed by atoms with Gasteiger partial charge in [-0.1, -0.05) is 39.3 Å². The normalized spacial score (nSPS) is 26.1. The molecule has 0 amide bonds. The Kier molecular flexibility index (Phi) is 4.61. The van der Waals surface area contributed by atoms with Crippen molar-refractivity contribution < 1.29 is 5.11 Å². The maximum Gasteiger partial charge on any atom is 0.0591 e. The number of rotatable bonds is 3. The predicted octanol–water partition coefficient (Wildman–Crippen LogP) is 4.17. The molecule has 0 saturated heterocycles. The third-order valence-corrected chi connectivity index (χ3v) is 4.08. The van der Waals surface area contributed by atoms with Crippen LogP contribution in [0.2, 0.25) is 0 Å². The van der Waals surface area contributed by atoms with Crippen molar-refractivity contribution in [2.75, 3.05) is 0 Å². The zero-order valence-electron chi connectivity index (χ0n) is 11.6. The van der Waals surface area contributed by atoms with Gasteiger partial charge in [0.25, 0.3) is 0 Å². The molecule has 0 fully saturated rings. The lowest BCUT2D eigenvalue weighted by atomic mass is 9.76. The van der Waals surface area contributed by atoms with Crippen molar-refractivity contribution >= 4 is 0 Å². The summed E-state index contributed by atoms with van der Waals surface area (Å²) in [6.07, 6.45) is 6.93. The Morgan fingerprint density at radius 2 is 2.06 bits per heavy atom. The maximum atomic E-state index is 10.1. The molecule has 0 aliphatic heterocycles. The van der Waals surface area contributed by atoms with Crippen LogP contribution in [0.3, 0.4) is 0 Å². The van der Waals surface area contributed by atoms with Gasteiger partial charge in [-0.25, -0.2) is 0 Å². The van der Waals surface area contributed by atoms with E-state index in [1.807, 2.05) is 0 Å². The van der Waals surface area contributed by atoms with Crippen LogP contribution in [0.25, 0.3) is 0 Å². The highest BCUT2D eigenvalue weighted by Gasteiger charge is 2.27. The largest absolute Gasteiger partial charge is 0.393 e. The minimum absolute atomic E-state index is 0.0225. The predicted molar refractivity (Wildman–Crippen MR) is 70.3 cm³/mol. The van der Waals surface area contributed by atoms with E-state index in [4.69, 9.17) is 0 Å². The van der Waals surface area contributed by atoms with Crippen LogP contribution in [0.15, 0.2) is 11.6 Å². The summed E-state index contributed by atoms with van der Waals surface area (Å²) in [6, 6.07) is 0. The van der Waals surface area contributed by atoms with Gasteiger partial charge < -0.3 is 5.11 Å². The molecule has 1 aliphatic rings. The molecule has 0 saturated carbocycles. The first-order valence-electron chi connectivity index (χ1n) is 6.64. The van der Waals surface area contributed by atoms with Crippen LogP contribution in [-0.2, 0) is 0 Å². The lowest BCUT2D eigenvalue weighted by molar-refractivity contribution is 0.0340. The monoisotopic (exact) mass is 224 g/mol. The average Bonchev–Trinajstić information content (AvgIpc) is 2.17. The lowest BCUT2D eigenvalue weighted by Crippen LogP contribution is -2.30. The van der Waals surface area contributed by atoms with E-state index in [0.29, 0.717) is 5.92 Å². The van der Waals surface area contributed by atoms with Gasteiger partial charge in [0.05, 0.1) is 6.10 Å². The van der Waals surface area contributed by atoms with E-state index in [2.05, 4.69) is 40.7 Å². The average molecular weight is 224 g/mol. The van der Waals surface area contributed by atoms with Gasteiger partial charge in [-0.05, 0) is 49.9 Å². The molecule has 0 radical (unpaired) electrons. The number of aliphatic hydroxyl groups excluding tert-OH is 1. The zero-order chi connectivity index (χ0) is 12.3. The van der Waals surface area contributed by atoms with E-state index in [1.165, 1.54) is 19.3 Å². The Balaban J connectivity index is 2.44. The number of allylic oxidation sites excluding steroid dienone is 2. The molecule has 1 nitrogen and oxygen atoms in total. The molecule has 3 atom stereocenters. The SMILES string of the molecule is CC1=CCC(C(C)CC(O)C(C)(C)C)CC1. The smallest absolute Gasteiger partial charge is 0.0591 e. The van der Waals surface area contributed by atoms with Gasteiger partial charge in [-0.15, -0.1) is 0 Å². The summed E-state index contributed by atoms with van der Waals surface area (Å²) in [7, 11) is 0. The minimum Gasteiger partial charge on any atom is -0.393 e. The van der Waals surface area contributed by atoms with Crippen molar-refractivity contribution in [2.24, 2.45) is 17.3 Å². The fraction of sp³-hybridized carbons (Fsp3) is 0.867. The molecule has 0 spiro atoms. The quantitative estimate of drug-likeness (QED) is 0.713. The van der Waals surface area contributed by atoms with Crippen molar-refractivity contribution in [3.8, 4) is 0 Å². The summed E-state index contributed by atoms with van der Waals surface area (Å²) in [5, 5.41) is 10.1. The lowest BCUT2D eigenvalue weighted by Gasteiger charge is -2.32. The maximum absolute atomic E-state index is 10.1. The molecule has 16 heavy (non-hydrogen) atoms. The van der Waals surface area contributed by atoms with Crippen LogP contribution in [0.5, 0.6) is 0 Å². The molecule has 0 bridgehead atoms. The van der Waals surface area contributed by atoms with Crippen LogP contribution in [0.4, 0.5) is 0 Å². The molecule has 1 aliphatic carbocycles. The van der Waals surface area contributed by atoms with Crippen LogP contribution in [0.1, 0.15) is 60.3 Å². The summed E-state index contributed by atoms with van der Waals surface area (Å²) in [4.78, 5) is 0. The van der Waals surface area contributed by atoms with Gasteiger partial charge in [0, 0.05) is 0 Å². The molecular weight excluding hydrogens is 196 g/mol. The molecular formula is C15H28O. The topological polar surface area (TPSA) is 20.2 Å². The van der Waals surface area contributed by atoms with Crippen molar-refractivity contribution in [3.63, 3.8) is 0 Å². The van der Waals surface area contributed by atoms with E-state index in [9.17, 15) is 5.11 Å². The molecule has 0 aromatic rings. The summed E-state index contributed by atoms with van der Waals surface area (Å²) in [6.45, 7) is 10.9. The van der Waals surface area contributed by atoms with Crippen LogP contribution >= 0.6 is 0 Å².